The van der Waals surface area contributed by atoms with Crippen LogP contribution in [-0.2, 0) is 6.54 Å². The monoisotopic (exact) mass is 349 g/mol. The van der Waals surface area contributed by atoms with E-state index in [0.29, 0.717) is 28.4 Å². The normalized spacial score (nSPS) is 14.6. The first-order valence-electron chi connectivity index (χ1n) is 5.73. The van der Waals surface area contributed by atoms with Crippen molar-refractivity contribution < 1.29 is 4.74 Å². The number of hydrogen-bond donors (Lipinski definition) is 1. The fraction of sp³-hybridized carbons (Fsp3) is 0.385. The lowest BCUT2D eigenvalue weighted by atomic mass is 10.2. The zero-order chi connectivity index (χ0) is 13.1. The van der Waals surface area contributed by atoms with Crippen LogP contribution in [0.25, 0.3) is 0 Å². The first-order chi connectivity index (χ1) is 8.56. The fourth-order valence-corrected chi connectivity index (χ4v) is 2.30. The van der Waals surface area contributed by atoms with Gasteiger partial charge >= 0.3 is 0 Å². The summed E-state index contributed by atoms with van der Waals surface area (Å²) in [6.07, 6.45) is 2.48. The predicted octanol–water partition coefficient (Wildman–Crippen LogP) is 4.53. The van der Waals surface area contributed by atoms with Crippen LogP contribution in [0.4, 0.5) is 0 Å². The Balaban J connectivity index is 2.13. The molecule has 0 aromatic heterocycles. The van der Waals surface area contributed by atoms with Crippen LogP contribution in [0.3, 0.4) is 0 Å². The second kappa shape index (κ2) is 6.29. The molecule has 98 valence electrons. The van der Waals surface area contributed by atoms with Gasteiger partial charge in [-0.25, -0.2) is 0 Å². The molecule has 1 aromatic carbocycles. The molecule has 0 spiro atoms. The van der Waals surface area contributed by atoms with Crippen molar-refractivity contribution in [3.05, 3.63) is 38.8 Å². The van der Waals surface area contributed by atoms with E-state index < -0.39 is 0 Å². The van der Waals surface area contributed by atoms with Gasteiger partial charge in [-0.3, -0.25) is 0 Å². The van der Waals surface area contributed by atoms with Gasteiger partial charge in [0, 0.05) is 27.7 Å². The van der Waals surface area contributed by atoms with Gasteiger partial charge in [-0.15, -0.1) is 0 Å². The number of benzene rings is 1. The Kier molecular flexibility index (Phi) is 4.96. The summed E-state index contributed by atoms with van der Waals surface area (Å²) in [4.78, 5) is 0. The van der Waals surface area contributed by atoms with E-state index in [1.807, 2.05) is 6.07 Å². The second-order valence-corrected chi connectivity index (χ2v) is 6.30. The lowest BCUT2D eigenvalue weighted by molar-refractivity contribution is 0.356. The third-order valence-corrected chi connectivity index (χ3v) is 3.34. The standard InChI is InChI=1S/C13H14BrCl2NO/c1-8(14)7-18-13-9(6-17-11-2-3-11)4-10(15)5-12(13)16/h4-5,11,17H,1-3,6-7H2. The molecule has 1 N–H and O–H groups in total. The van der Waals surface area contributed by atoms with Crippen LogP contribution in [0.2, 0.25) is 10.0 Å². The molecule has 0 heterocycles. The van der Waals surface area contributed by atoms with Crippen molar-refractivity contribution in [3.63, 3.8) is 0 Å². The van der Waals surface area contributed by atoms with Gasteiger partial charge in [0.25, 0.3) is 0 Å². The molecule has 1 aromatic rings. The molecule has 1 fully saturated rings. The van der Waals surface area contributed by atoms with E-state index in [4.69, 9.17) is 27.9 Å². The van der Waals surface area contributed by atoms with Crippen LogP contribution in [0.15, 0.2) is 23.2 Å². The molecule has 0 amide bonds. The minimum absolute atomic E-state index is 0.387. The van der Waals surface area contributed by atoms with Crippen molar-refractivity contribution in [2.75, 3.05) is 6.61 Å². The SMILES string of the molecule is C=C(Br)COc1c(Cl)cc(Cl)cc1CNC1CC1. The maximum absolute atomic E-state index is 6.17. The topological polar surface area (TPSA) is 21.3 Å². The van der Waals surface area contributed by atoms with Gasteiger partial charge in [0.05, 0.1) is 5.02 Å². The predicted molar refractivity (Wildman–Crippen MR) is 79.9 cm³/mol. The Bertz CT molecular complexity index is 461. The minimum atomic E-state index is 0.387. The summed E-state index contributed by atoms with van der Waals surface area (Å²) < 4.78 is 6.43. The first kappa shape index (κ1) is 14.2. The molecule has 2 nitrogen and oxygen atoms in total. The number of hydrogen-bond acceptors (Lipinski definition) is 2. The first-order valence-corrected chi connectivity index (χ1v) is 7.28. The lowest BCUT2D eigenvalue weighted by Crippen LogP contribution is -2.16. The molecule has 5 heteroatoms. The van der Waals surface area contributed by atoms with E-state index >= 15 is 0 Å². The van der Waals surface area contributed by atoms with Gasteiger partial charge in [0.1, 0.15) is 12.4 Å². The maximum atomic E-state index is 6.17. The Morgan fingerprint density at radius 2 is 2.17 bits per heavy atom. The van der Waals surface area contributed by atoms with Crippen LogP contribution in [0, 0.1) is 0 Å². The molecule has 0 radical (unpaired) electrons. The number of rotatable bonds is 6. The summed E-state index contributed by atoms with van der Waals surface area (Å²) in [5, 5.41) is 4.58. The van der Waals surface area contributed by atoms with Crippen molar-refractivity contribution in [2.45, 2.75) is 25.4 Å². The maximum Gasteiger partial charge on any atom is 0.143 e. The summed E-state index contributed by atoms with van der Waals surface area (Å²) in [5.74, 6) is 0.676. The van der Waals surface area contributed by atoms with Gasteiger partial charge in [0.15, 0.2) is 0 Å². The molecule has 2 rings (SSSR count). The van der Waals surface area contributed by atoms with Crippen LogP contribution in [0.1, 0.15) is 18.4 Å². The highest BCUT2D eigenvalue weighted by Gasteiger charge is 2.21. The summed E-state index contributed by atoms with van der Waals surface area (Å²) in [5.41, 5.74) is 0.980. The third-order valence-electron chi connectivity index (χ3n) is 2.62. The van der Waals surface area contributed by atoms with Crippen molar-refractivity contribution in [3.8, 4) is 5.75 Å². The van der Waals surface area contributed by atoms with E-state index in [9.17, 15) is 0 Å². The van der Waals surface area contributed by atoms with E-state index in [2.05, 4.69) is 27.8 Å². The molecule has 0 aliphatic heterocycles. The van der Waals surface area contributed by atoms with Crippen LogP contribution < -0.4 is 10.1 Å². The molecule has 0 unspecified atom stereocenters. The van der Waals surface area contributed by atoms with E-state index in [1.165, 1.54) is 12.8 Å². The average molecular weight is 351 g/mol. The highest BCUT2D eigenvalue weighted by atomic mass is 79.9. The number of ether oxygens (including phenoxy) is 1. The van der Waals surface area contributed by atoms with Crippen molar-refractivity contribution in [1.82, 2.24) is 5.32 Å². The molecule has 0 bridgehead atoms. The minimum Gasteiger partial charge on any atom is -0.486 e. The Morgan fingerprint density at radius 1 is 1.44 bits per heavy atom. The largest absolute Gasteiger partial charge is 0.486 e. The van der Waals surface area contributed by atoms with E-state index in [1.54, 1.807) is 6.07 Å². The van der Waals surface area contributed by atoms with Gasteiger partial charge < -0.3 is 10.1 Å². The van der Waals surface area contributed by atoms with Crippen molar-refractivity contribution in [2.24, 2.45) is 0 Å². The highest BCUT2D eigenvalue weighted by Crippen LogP contribution is 2.33. The zero-order valence-corrected chi connectivity index (χ0v) is 12.9. The molecule has 1 aliphatic carbocycles. The van der Waals surface area contributed by atoms with E-state index in [0.717, 1.165) is 16.6 Å². The second-order valence-electron chi connectivity index (χ2n) is 4.34. The van der Waals surface area contributed by atoms with E-state index in [-0.39, 0.29) is 0 Å². The third kappa shape index (κ3) is 4.16. The van der Waals surface area contributed by atoms with Gasteiger partial charge in [-0.05, 0) is 25.0 Å². The van der Waals surface area contributed by atoms with Crippen LogP contribution in [0.5, 0.6) is 5.75 Å². The molecule has 0 saturated heterocycles. The number of nitrogens with one attached hydrogen (secondary N) is 1. The quantitative estimate of drug-likeness (QED) is 0.813. The summed E-state index contributed by atoms with van der Waals surface area (Å²) in [6, 6.07) is 4.20. The molecular weight excluding hydrogens is 337 g/mol. The summed E-state index contributed by atoms with van der Waals surface area (Å²) in [6.45, 7) is 4.84. The summed E-state index contributed by atoms with van der Waals surface area (Å²) in [7, 11) is 0. The molecule has 0 atom stereocenters. The molecular formula is C13H14BrCl2NO. The average Bonchev–Trinajstić information content (AvgIpc) is 3.08. The fourth-order valence-electron chi connectivity index (χ4n) is 1.60. The lowest BCUT2D eigenvalue weighted by Gasteiger charge is -2.14. The Morgan fingerprint density at radius 3 is 2.78 bits per heavy atom. The molecule has 18 heavy (non-hydrogen) atoms. The van der Waals surface area contributed by atoms with Crippen molar-refractivity contribution >= 4 is 39.1 Å². The summed E-state index contributed by atoms with van der Waals surface area (Å²) >= 11 is 15.5. The highest BCUT2D eigenvalue weighted by molar-refractivity contribution is 9.11. The van der Waals surface area contributed by atoms with Gasteiger partial charge in [-0.1, -0.05) is 45.7 Å². The zero-order valence-electron chi connectivity index (χ0n) is 9.81. The Hall–Kier alpha value is -0.220. The van der Waals surface area contributed by atoms with Crippen LogP contribution in [-0.4, -0.2) is 12.6 Å². The van der Waals surface area contributed by atoms with Gasteiger partial charge in [0.2, 0.25) is 0 Å². The number of halogens is 3. The van der Waals surface area contributed by atoms with Crippen molar-refractivity contribution in [1.29, 1.82) is 0 Å². The Labute approximate surface area is 125 Å². The molecule has 1 saturated carbocycles. The van der Waals surface area contributed by atoms with Gasteiger partial charge in [-0.2, -0.15) is 0 Å². The smallest absolute Gasteiger partial charge is 0.143 e. The molecule has 1 aliphatic rings. The van der Waals surface area contributed by atoms with Crippen LogP contribution >= 0.6 is 39.1 Å².